The van der Waals surface area contributed by atoms with Gasteiger partial charge in [-0.05, 0) is 37.6 Å². The number of alkyl halides is 3. The molecule has 150 valence electrons. The number of pyridine rings is 1. The summed E-state index contributed by atoms with van der Waals surface area (Å²) in [5.41, 5.74) is 1.47. The number of nitrogens with zero attached hydrogens (tertiary/aromatic N) is 1. The van der Waals surface area contributed by atoms with Gasteiger partial charge >= 0.3 is 6.18 Å². The standard InChI is InChI=1S/C19H20F3N3O3/c1-12(2)24-16(26)9-13-3-6-15(7-4-13)25-18(27)14-5-8-17(23-10-14)28-11-19(20,21)22/h3-8,10,12H,9,11H2,1-2H3,(H,24,26)(H,25,27). The number of halogens is 3. The number of benzene rings is 1. The summed E-state index contributed by atoms with van der Waals surface area (Å²) in [6, 6.07) is 9.33. The van der Waals surface area contributed by atoms with Gasteiger partial charge in [-0.3, -0.25) is 9.59 Å². The molecule has 0 aliphatic heterocycles. The van der Waals surface area contributed by atoms with Crippen LogP contribution >= 0.6 is 0 Å². The summed E-state index contributed by atoms with van der Waals surface area (Å²) < 4.78 is 40.8. The molecule has 1 heterocycles. The molecule has 28 heavy (non-hydrogen) atoms. The van der Waals surface area contributed by atoms with E-state index in [2.05, 4.69) is 20.4 Å². The van der Waals surface area contributed by atoms with Crippen LogP contribution in [0.2, 0.25) is 0 Å². The Bertz CT molecular complexity index is 804. The van der Waals surface area contributed by atoms with E-state index in [4.69, 9.17) is 0 Å². The molecule has 0 saturated heterocycles. The van der Waals surface area contributed by atoms with Gasteiger partial charge in [-0.1, -0.05) is 12.1 Å². The second-order valence-corrected chi connectivity index (χ2v) is 6.34. The van der Waals surface area contributed by atoms with Crippen LogP contribution in [0.15, 0.2) is 42.6 Å². The number of aromatic nitrogens is 1. The van der Waals surface area contributed by atoms with E-state index in [1.807, 2.05) is 13.8 Å². The smallest absolute Gasteiger partial charge is 0.422 e. The Morgan fingerprint density at radius 1 is 1.11 bits per heavy atom. The van der Waals surface area contributed by atoms with Crippen LogP contribution in [-0.2, 0) is 11.2 Å². The molecular weight excluding hydrogens is 375 g/mol. The molecule has 0 aliphatic rings. The predicted molar refractivity (Wildman–Crippen MR) is 97.2 cm³/mol. The minimum absolute atomic E-state index is 0.0601. The van der Waals surface area contributed by atoms with Gasteiger partial charge in [-0.15, -0.1) is 0 Å². The van der Waals surface area contributed by atoms with E-state index >= 15 is 0 Å². The lowest BCUT2D eigenvalue weighted by Crippen LogP contribution is -2.31. The Morgan fingerprint density at radius 2 is 1.79 bits per heavy atom. The number of amides is 2. The van der Waals surface area contributed by atoms with Gasteiger partial charge in [0, 0.05) is 24.0 Å². The van der Waals surface area contributed by atoms with E-state index in [1.54, 1.807) is 24.3 Å². The number of carbonyl (C=O) groups is 2. The number of rotatable bonds is 7. The van der Waals surface area contributed by atoms with Crippen LogP contribution in [0.1, 0.15) is 29.8 Å². The van der Waals surface area contributed by atoms with E-state index in [1.165, 1.54) is 12.1 Å². The van der Waals surface area contributed by atoms with Gasteiger partial charge in [0.15, 0.2) is 6.61 Å². The average molecular weight is 395 g/mol. The lowest BCUT2D eigenvalue weighted by atomic mass is 10.1. The highest BCUT2D eigenvalue weighted by atomic mass is 19.4. The maximum atomic E-state index is 12.2. The van der Waals surface area contributed by atoms with Gasteiger partial charge in [-0.25, -0.2) is 4.98 Å². The molecule has 1 aromatic carbocycles. The third-order valence-corrected chi connectivity index (χ3v) is 3.41. The Kier molecular flexibility index (Phi) is 6.97. The average Bonchev–Trinajstić information content (AvgIpc) is 2.60. The number of nitrogens with one attached hydrogen (secondary N) is 2. The maximum Gasteiger partial charge on any atom is 0.422 e. The second kappa shape index (κ2) is 9.20. The Balaban J connectivity index is 1.91. The van der Waals surface area contributed by atoms with E-state index in [-0.39, 0.29) is 29.8 Å². The van der Waals surface area contributed by atoms with Crippen LogP contribution in [-0.4, -0.2) is 35.6 Å². The van der Waals surface area contributed by atoms with Crippen molar-refractivity contribution in [3.8, 4) is 5.88 Å². The van der Waals surface area contributed by atoms with Gasteiger partial charge < -0.3 is 15.4 Å². The molecule has 2 aromatic rings. The molecule has 0 spiro atoms. The van der Waals surface area contributed by atoms with Crippen molar-refractivity contribution in [1.82, 2.24) is 10.3 Å². The summed E-state index contributed by atoms with van der Waals surface area (Å²) >= 11 is 0. The Morgan fingerprint density at radius 3 is 2.32 bits per heavy atom. The van der Waals surface area contributed by atoms with Crippen LogP contribution in [0.3, 0.4) is 0 Å². The van der Waals surface area contributed by atoms with E-state index in [9.17, 15) is 22.8 Å². The molecule has 0 saturated carbocycles. The highest BCUT2D eigenvalue weighted by molar-refractivity contribution is 6.04. The number of hydrogen-bond donors (Lipinski definition) is 2. The van der Waals surface area contributed by atoms with Crippen molar-refractivity contribution in [3.05, 3.63) is 53.7 Å². The molecule has 1 aromatic heterocycles. The van der Waals surface area contributed by atoms with Crippen LogP contribution in [0.5, 0.6) is 5.88 Å². The minimum atomic E-state index is -4.46. The topological polar surface area (TPSA) is 80.3 Å². The molecule has 0 unspecified atom stereocenters. The molecule has 0 aliphatic carbocycles. The molecule has 0 fully saturated rings. The minimum Gasteiger partial charge on any atom is -0.468 e. The third-order valence-electron chi connectivity index (χ3n) is 3.41. The van der Waals surface area contributed by atoms with Crippen LogP contribution < -0.4 is 15.4 Å². The monoisotopic (exact) mass is 395 g/mol. The van der Waals surface area contributed by atoms with Gasteiger partial charge in [0.05, 0.1) is 12.0 Å². The lowest BCUT2D eigenvalue weighted by molar-refractivity contribution is -0.154. The van der Waals surface area contributed by atoms with Crippen molar-refractivity contribution in [2.75, 3.05) is 11.9 Å². The van der Waals surface area contributed by atoms with E-state index in [0.29, 0.717) is 5.69 Å². The molecule has 2 rings (SSSR count). The summed E-state index contributed by atoms with van der Waals surface area (Å²) in [6.07, 6.45) is -3.10. The first-order chi connectivity index (χ1) is 13.1. The first-order valence-corrected chi connectivity index (χ1v) is 8.47. The van der Waals surface area contributed by atoms with Gasteiger partial charge in [0.1, 0.15) is 0 Å². The highest BCUT2D eigenvalue weighted by Gasteiger charge is 2.28. The highest BCUT2D eigenvalue weighted by Crippen LogP contribution is 2.17. The second-order valence-electron chi connectivity index (χ2n) is 6.34. The fraction of sp³-hybridized carbons (Fsp3) is 0.316. The van der Waals surface area contributed by atoms with Crippen LogP contribution in [0.4, 0.5) is 18.9 Å². The normalized spacial score (nSPS) is 11.2. The third kappa shape index (κ3) is 7.26. The molecule has 0 bridgehead atoms. The van der Waals surface area contributed by atoms with E-state index in [0.717, 1.165) is 11.8 Å². The first kappa shape index (κ1) is 21.2. The van der Waals surface area contributed by atoms with Crippen LogP contribution in [0, 0.1) is 0 Å². The van der Waals surface area contributed by atoms with Crippen molar-refractivity contribution >= 4 is 17.5 Å². The predicted octanol–water partition coefficient (Wildman–Crippen LogP) is 3.34. The maximum absolute atomic E-state index is 12.2. The van der Waals surface area contributed by atoms with Gasteiger partial charge in [0.2, 0.25) is 11.8 Å². The number of hydrogen-bond acceptors (Lipinski definition) is 4. The SMILES string of the molecule is CC(C)NC(=O)Cc1ccc(NC(=O)c2ccc(OCC(F)(F)F)nc2)cc1. The summed E-state index contributed by atoms with van der Waals surface area (Å²) in [6.45, 7) is 2.30. The Labute approximate surface area is 160 Å². The first-order valence-electron chi connectivity index (χ1n) is 8.47. The van der Waals surface area contributed by atoms with Crippen molar-refractivity contribution in [2.24, 2.45) is 0 Å². The van der Waals surface area contributed by atoms with Crippen molar-refractivity contribution in [3.63, 3.8) is 0 Å². The zero-order valence-electron chi connectivity index (χ0n) is 15.3. The molecule has 0 atom stereocenters. The lowest BCUT2D eigenvalue weighted by Gasteiger charge is -2.10. The number of anilines is 1. The summed E-state index contributed by atoms with van der Waals surface area (Å²) in [4.78, 5) is 27.6. The molecular formula is C19H20F3N3O3. The number of carbonyl (C=O) groups excluding carboxylic acids is 2. The van der Waals surface area contributed by atoms with Gasteiger partial charge in [0.25, 0.3) is 5.91 Å². The molecule has 9 heteroatoms. The zero-order valence-corrected chi connectivity index (χ0v) is 15.3. The van der Waals surface area contributed by atoms with Gasteiger partial charge in [-0.2, -0.15) is 13.2 Å². The van der Waals surface area contributed by atoms with Crippen LogP contribution in [0.25, 0.3) is 0 Å². The largest absolute Gasteiger partial charge is 0.468 e. The van der Waals surface area contributed by atoms with Crippen molar-refractivity contribution < 1.29 is 27.5 Å². The fourth-order valence-electron chi connectivity index (χ4n) is 2.22. The van der Waals surface area contributed by atoms with Crippen molar-refractivity contribution in [2.45, 2.75) is 32.5 Å². The zero-order chi connectivity index (χ0) is 20.7. The summed E-state index contributed by atoms with van der Waals surface area (Å²) in [5.74, 6) is -0.788. The molecule has 2 amide bonds. The molecule has 0 radical (unpaired) electrons. The number of ether oxygens (including phenoxy) is 1. The summed E-state index contributed by atoms with van der Waals surface area (Å²) in [5, 5.41) is 5.44. The Hall–Kier alpha value is -3.10. The van der Waals surface area contributed by atoms with Crippen molar-refractivity contribution in [1.29, 1.82) is 0 Å². The molecule has 6 nitrogen and oxygen atoms in total. The quantitative estimate of drug-likeness (QED) is 0.754. The summed E-state index contributed by atoms with van der Waals surface area (Å²) in [7, 11) is 0. The fourth-order valence-corrected chi connectivity index (χ4v) is 2.22. The van der Waals surface area contributed by atoms with E-state index < -0.39 is 18.7 Å². The molecule has 2 N–H and O–H groups in total.